The summed E-state index contributed by atoms with van der Waals surface area (Å²) in [5, 5.41) is 11.8. The van der Waals surface area contributed by atoms with E-state index >= 15 is 0 Å². The summed E-state index contributed by atoms with van der Waals surface area (Å²) in [7, 11) is 0. The van der Waals surface area contributed by atoms with E-state index in [0.717, 1.165) is 12.0 Å². The Labute approximate surface area is 124 Å². The Morgan fingerprint density at radius 1 is 1.29 bits per heavy atom. The molecule has 1 aromatic rings. The number of carboxylic acids is 1. The third kappa shape index (κ3) is 4.56. The zero-order chi connectivity index (χ0) is 15.2. The smallest absolute Gasteiger partial charge is 0.306 e. The third-order valence-electron chi connectivity index (χ3n) is 4.05. The lowest BCUT2D eigenvalue weighted by atomic mass is 10.0. The van der Waals surface area contributed by atoms with Crippen molar-refractivity contribution < 1.29 is 14.7 Å². The Bertz CT molecular complexity index is 490. The number of aliphatic carboxylic acids is 1. The van der Waals surface area contributed by atoms with Gasteiger partial charge in [0.05, 0.1) is 12.0 Å². The van der Waals surface area contributed by atoms with Crippen LogP contribution >= 0.6 is 0 Å². The highest BCUT2D eigenvalue weighted by Gasteiger charge is 2.31. The van der Waals surface area contributed by atoms with Crippen molar-refractivity contribution in [3.05, 3.63) is 35.9 Å². The van der Waals surface area contributed by atoms with E-state index in [-0.39, 0.29) is 17.9 Å². The molecule has 1 saturated carbocycles. The number of amides is 1. The Morgan fingerprint density at radius 3 is 2.62 bits per heavy atom. The van der Waals surface area contributed by atoms with Crippen LogP contribution in [0.25, 0.3) is 0 Å². The molecule has 1 amide bonds. The quantitative estimate of drug-likeness (QED) is 0.736. The number of aryl methyl sites for hydroxylation is 1. The van der Waals surface area contributed by atoms with E-state index in [0.29, 0.717) is 25.7 Å². The van der Waals surface area contributed by atoms with Crippen LogP contribution in [0.15, 0.2) is 30.3 Å². The summed E-state index contributed by atoms with van der Waals surface area (Å²) >= 11 is 0. The molecule has 1 fully saturated rings. The molecule has 3 atom stereocenters. The molecule has 1 aliphatic carbocycles. The van der Waals surface area contributed by atoms with Crippen LogP contribution < -0.4 is 11.1 Å². The number of carbonyl (C=O) groups is 2. The molecule has 0 aliphatic heterocycles. The topological polar surface area (TPSA) is 92.4 Å². The Balaban J connectivity index is 1.74. The fourth-order valence-corrected chi connectivity index (χ4v) is 2.74. The maximum absolute atomic E-state index is 12.0. The molecular weight excluding hydrogens is 268 g/mol. The van der Waals surface area contributed by atoms with Crippen LogP contribution in [-0.2, 0) is 16.0 Å². The fraction of sp³-hybridized carbons (Fsp3) is 0.500. The Kier molecular flexibility index (Phi) is 5.33. The second-order valence-electron chi connectivity index (χ2n) is 5.68. The van der Waals surface area contributed by atoms with Gasteiger partial charge in [0, 0.05) is 6.04 Å². The SMILES string of the molecule is NC(CCc1ccccc1)C(=O)NC1CCC(C(=O)O)C1. The maximum Gasteiger partial charge on any atom is 0.306 e. The van der Waals surface area contributed by atoms with Gasteiger partial charge in [-0.2, -0.15) is 0 Å². The van der Waals surface area contributed by atoms with Crippen molar-refractivity contribution >= 4 is 11.9 Å². The molecule has 0 radical (unpaired) electrons. The van der Waals surface area contributed by atoms with Crippen molar-refractivity contribution in [3.63, 3.8) is 0 Å². The molecule has 1 aliphatic rings. The Morgan fingerprint density at radius 2 is 2.00 bits per heavy atom. The number of rotatable bonds is 6. The number of nitrogens with two attached hydrogens (primary N) is 1. The molecule has 2 rings (SSSR count). The minimum atomic E-state index is -0.778. The number of benzene rings is 1. The molecular formula is C16H22N2O3. The van der Waals surface area contributed by atoms with Crippen LogP contribution in [-0.4, -0.2) is 29.1 Å². The van der Waals surface area contributed by atoms with Crippen molar-refractivity contribution in [1.82, 2.24) is 5.32 Å². The minimum absolute atomic E-state index is 0.0543. The van der Waals surface area contributed by atoms with Crippen LogP contribution in [0.4, 0.5) is 0 Å². The molecule has 0 saturated heterocycles. The Hall–Kier alpha value is -1.88. The lowest BCUT2D eigenvalue weighted by Gasteiger charge is -2.16. The second kappa shape index (κ2) is 7.22. The lowest BCUT2D eigenvalue weighted by Crippen LogP contribution is -2.44. The zero-order valence-corrected chi connectivity index (χ0v) is 12.0. The highest BCUT2D eigenvalue weighted by molar-refractivity contribution is 5.82. The average Bonchev–Trinajstić information content (AvgIpc) is 2.94. The molecule has 5 nitrogen and oxygen atoms in total. The van der Waals surface area contributed by atoms with Crippen LogP contribution in [0.3, 0.4) is 0 Å². The largest absolute Gasteiger partial charge is 0.481 e. The van der Waals surface area contributed by atoms with Gasteiger partial charge in [0.15, 0.2) is 0 Å². The minimum Gasteiger partial charge on any atom is -0.481 e. The van der Waals surface area contributed by atoms with Gasteiger partial charge in [-0.1, -0.05) is 30.3 Å². The molecule has 4 N–H and O–H groups in total. The van der Waals surface area contributed by atoms with Gasteiger partial charge in [0.2, 0.25) is 5.91 Å². The third-order valence-corrected chi connectivity index (χ3v) is 4.05. The van der Waals surface area contributed by atoms with Gasteiger partial charge >= 0.3 is 5.97 Å². The molecule has 3 unspecified atom stereocenters. The molecule has 1 aromatic carbocycles. The molecule has 5 heteroatoms. The summed E-state index contributed by atoms with van der Waals surface area (Å²) in [5.74, 6) is -1.29. The number of carbonyl (C=O) groups excluding carboxylic acids is 1. The molecule has 0 bridgehead atoms. The van der Waals surface area contributed by atoms with Crippen molar-refractivity contribution in [1.29, 1.82) is 0 Å². The van der Waals surface area contributed by atoms with E-state index in [1.807, 2.05) is 30.3 Å². The van der Waals surface area contributed by atoms with Gasteiger partial charge in [0.25, 0.3) is 0 Å². The second-order valence-corrected chi connectivity index (χ2v) is 5.68. The van der Waals surface area contributed by atoms with Gasteiger partial charge in [-0.3, -0.25) is 9.59 Å². The van der Waals surface area contributed by atoms with Gasteiger partial charge in [-0.05, 0) is 37.7 Å². The molecule has 0 heterocycles. The van der Waals surface area contributed by atoms with Crippen molar-refractivity contribution in [2.24, 2.45) is 11.7 Å². The maximum atomic E-state index is 12.0. The highest BCUT2D eigenvalue weighted by atomic mass is 16.4. The standard InChI is InChI=1S/C16H22N2O3/c17-14(9-6-11-4-2-1-3-5-11)15(19)18-13-8-7-12(10-13)16(20)21/h1-5,12-14H,6-10,17H2,(H,18,19)(H,20,21). The van der Waals surface area contributed by atoms with Gasteiger partial charge in [-0.25, -0.2) is 0 Å². The monoisotopic (exact) mass is 290 g/mol. The van der Waals surface area contributed by atoms with Gasteiger partial charge < -0.3 is 16.2 Å². The van der Waals surface area contributed by atoms with E-state index in [1.165, 1.54) is 0 Å². The van der Waals surface area contributed by atoms with Crippen molar-refractivity contribution in [2.45, 2.75) is 44.2 Å². The predicted octanol–water partition coefficient (Wildman–Crippen LogP) is 1.32. The van der Waals surface area contributed by atoms with Crippen molar-refractivity contribution in [3.8, 4) is 0 Å². The zero-order valence-electron chi connectivity index (χ0n) is 12.0. The summed E-state index contributed by atoms with van der Waals surface area (Å²) in [5.41, 5.74) is 7.07. The fourth-order valence-electron chi connectivity index (χ4n) is 2.74. The highest BCUT2D eigenvalue weighted by Crippen LogP contribution is 2.25. The van der Waals surface area contributed by atoms with Crippen LogP contribution in [0.5, 0.6) is 0 Å². The number of carboxylic acid groups (broad SMARTS) is 1. The van der Waals surface area contributed by atoms with E-state index in [2.05, 4.69) is 5.32 Å². The predicted molar refractivity (Wildman–Crippen MR) is 79.6 cm³/mol. The summed E-state index contributed by atoms with van der Waals surface area (Å²) in [6, 6.07) is 9.31. The summed E-state index contributed by atoms with van der Waals surface area (Å²) in [6.07, 6.45) is 3.20. The summed E-state index contributed by atoms with van der Waals surface area (Å²) in [4.78, 5) is 22.9. The van der Waals surface area contributed by atoms with Gasteiger partial charge in [-0.15, -0.1) is 0 Å². The summed E-state index contributed by atoms with van der Waals surface area (Å²) in [6.45, 7) is 0. The van der Waals surface area contributed by atoms with Crippen LogP contribution in [0.1, 0.15) is 31.2 Å². The first kappa shape index (κ1) is 15.5. The normalized spacial score (nSPS) is 22.7. The first-order valence-corrected chi connectivity index (χ1v) is 7.39. The van der Waals surface area contributed by atoms with Gasteiger partial charge in [0.1, 0.15) is 0 Å². The molecule has 114 valence electrons. The first-order chi connectivity index (χ1) is 10.1. The molecule has 0 aromatic heterocycles. The van der Waals surface area contributed by atoms with E-state index < -0.39 is 12.0 Å². The van der Waals surface area contributed by atoms with Crippen LogP contribution in [0.2, 0.25) is 0 Å². The van der Waals surface area contributed by atoms with E-state index in [4.69, 9.17) is 10.8 Å². The molecule has 21 heavy (non-hydrogen) atoms. The first-order valence-electron chi connectivity index (χ1n) is 7.39. The average molecular weight is 290 g/mol. The van der Waals surface area contributed by atoms with Crippen molar-refractivity contribution in [2.75, 3.05) is 0 Å². The number of nitrogens with one attached hydrogen (secondary N) is 1. The lowest BCUT2D eigenvalue weighted by molar-refractivity contribution is -0.141. The number of hydrogen-bond donors (Lipinski definition) is 3. The van der Waals surface area contributed by atoms with E-state index in [9.17, 15) is 9.59 Å². The summed E-state index contributed by atoms with van der Waals surface area (Å²) < 4.78 is 0. The van der Waals surface area contributed by atoms with Crippen LogP contribution in [0, 0.1) is 5.92 Å². The van der Waals surface area contributed by atoms with E-state index in [1.54, 1.807) is 0 Å². The molecule has 0 spiro atoms. The number of hydrogen-bond acceptors (Lipinski definition) is 3.